The van der Waals surface area contributed by atoms with E-state index in [1.807, 2.05) is 24.3 Å². The van der Waals surface area contributed by atoms with Gasteiger partial charge in [0.25, 0.3) is 11.8 Å². The first-order valence-corrected chi connectivity index (χ1v) is 20.1. The number of amides is 4. The smallest absolute Gasteiger partial charge is 0.255 e. The van der Waals surface area contributed by atoms with Crippen molar-refractivity contribution >= 4 is 41.0 Å². The summed E-state index contributed by atoms with van der Waals surface area (Å²) in [5.74, 6) is 1.02. The molecule has 0 bridgehead atoms. The molecule has 0 spiro atoms. The summed E-state index contributed by atoms with van der Waals surface area (Å²) in [5, 5.41) is 15.1. The minimum atomic E-state index is -0.626. The number of piperidine rings is 1. The Morgan fingerprint density at radius 1 is 0.982 bits per heavy atom. The van der Waals surface area contributed by atoms with Crippen LogP contribution in [-0.2, 0) is 16.1 Å². The molecule has 2 aromatic carbocycles. The maximum Gasteiger partial charge on any atom is 0.255 e. The molecule has 1 atom stereocenters. The SMILES string of the molecule is CC1(C)[C@H](NC(=O)c2ccc(N3CCN(CCCCCOc4ccc5c(c4)C(=O)N(C4CCC(=O)NC4=O)C5)CC3)nc2)C(C)(C)[C@H]1Oc1ccc(C#N)c(Cl)c1. The number of nitrogens with zero attached hydrogens (tertiary/aromatic N) is 5. The van der Waals surface area contributed by atoms with Crippen LogP contribution in [0.2, 0.25) is 5.02 Å². The molecule has 300 valence electrons. The number of ether oxygens (including phenoxy) is 2. The van der Waals surface area contributed by atoms with Crippen LogP contribution in [0.4, 0.5) is 5.82 Å². The van der Waals surface area contributed by atoms with E-state index in [0.717, 1.165) is 63.4 Å². The average molecular weight is 796 g/mol. The van der Waals surface area contributed by atoms with Crippen molar-refractivity contribution in [2.24, 2.45) is 10.8 Å². The quantitative estimate of drug-likeness (QED) is 0.171. The van der Waals surface area contributed by atoms with Crippen molar-refractivity contribution in [1.82, 2.24) is 25.4 Å². The molecule has 1 aliphatic carbocycles. The lowest BCUT2D eigenvalue weighted by atomic mass is 9.49. The number of fused-ring (bicyclic) bond motifs is 1. The number of carbonyl (C=O) groups is 4. The van der Waals surface area contributed by atoms with Crippen molar-refractivity contribution in [3.05, 3.63) is 82.0 Å². The highest BCUT2D eigenvalue weighted by atomic mass is 35.5. The lowest BCUT2D eigenvalue weighted by molar-refractivity contribution is -0.164. The first-order chi connectivity index (χ1) is 27.3. The Kier molecular flexibility index (Phi) is 11.5. The largest absolute Gasteiger partial charge is 0.494 e. The first-order valence-electron chi connectivity index (χ1n) is 19.8. The molecule has 4 heterocycles. The van der Waals surface area contributed by atoms with Gasteiger partial charge in [0.2, 0.25) is 11.8 Å². The van der Waals surface area contributed by atoms with Crippen LogP contribution in [0.5, 0.6) is 11.5 Å². The van der Waals surface area contributed by atoms with Crippen LogP contribution in [0, 0.1) is 22.2 Å². The van der Waals surface area contributed by atoms with Crippen molar-refractivity contribution in [2.75, 3.05) is 44.2 Å². The fourth-order valence-electron chi connectivity index (χ4n) is 9.15. The van der Waals surface area contributed by atoms with Gasteiger partial charge in [0.15, 0.2) is 0 Å². The molecule has 3 aromatic rings. The molecule has 0 radical (unpaired) electrons. The monoisotopic (exact) mass is 795 g/mol. The van der Waals surface area contributed by atoms with E-state index in [9.17, 15) is 24.4 Å². The van der Waals surface area contributed by atoms with Gasteiger partial charge in [-0.3, -0.25) is 29.4 Å². The normalized spacial score (nSPS) is 22.6. The minimum Gasteiger partial charge on any atom is -0.494 e. The zero-order valence-electron chi connectivity index (χ0n) is 33.0. The van der Waals surface area contributed by atoms with Gasteiger partial charge in [0.1, 0.15) is 35.5 Å². The molecule has 7 rings (SSSR count). The number of aromatic nitrogens is 1. The third-order valence-electron chi connectivity index (χ3n) is 12.0. The predicted octanol–water partition coefficient (Wildman–Crippen LogP) is 5.35. The van der Waals surface area contributed by atoms with E-state index in [-0.39, 0.29) is 47.1 Å². The summed E-state index contributed by atoms with van der Waals surface area (Å²) >= 11 is 6.24. The van der Waals surface area contributed by atoms with E-state index in [1.165, 1.54) is 0 Å². The zero-order valence-corrected chi connectivity index (χ0v) is 33.7. The second kappa shape index (κ2) is 16.3. The Hall–Kier alpha value is -5.19. The number of pyridine rings is 1. The highest BCUT2D eigenvalue weighted by Gasteiger charge is 2.64. The Morgan fingerprint density at radius 3 is 2.42 bits per heavy atom. The molecular formula is C43H50ClN7O6. The summed E-state index contributed by atoms with van der Waals surface area (Å²) in [4.78, 5) is 61.3. The standard InChI is InChI=1S/C43H50ClN7O6/c1-42(2)40(43(3,4)41(42)57-31-12-8-27(24-45)33(44)23-31)48-37(53)28-10-14-35(46-25-28)50-19-17-49(18-20-50)16-6-5-7-21-56-30-11-9-29-26-51(39(55)32(29)22-30)34-13-15-36(52)47-38(34)54/h8-12,14,22-23,25,34,40-41H,5-7,13,15-21,26H2,1-4H3,(H,48,53)(H,47,52,54)/t34?,40-,41-. The van der Waals surface area contributed by atoms with Gasteiger partial charge in [-0.05, 0) is 74.2 Å². The van der Waals surface area contributed by atoms with Crippen LogP contribution in [0.3, 0.4) is 0 Å². The van der Waals surface area contributed by atoms with Gasteiger partial charge in [-0.15, -0.1) is 0 Å². The molecule has 13 nitrogen and oxygen atoms in total. The van der Waals surface area contributed by atoms with Gasteiger partial charge in [-0.25, -0.2) is 4.98 Å². The van der Waals surface area contributed by atoms with Crippen molar-refractivity contribution in [1.29, 1.82) is 5.26 Å². The lowest BCUT2D eigenvalue weighted by Gasteiger charge is -2.63. The van der Waals surface area contributed by atoms with Crippen molar-refractivity contribution < 1.29 is 28.7 Å². The molecule has 57 heavy (non-hydrogen) atoms. The summed E-state index contributed by atoms with van der Waals surface area (Å²) in [6.45, 7) is 13.8. The summed E-state index contributed by atoms with van der Waals surface area (Å²) in [6.07, 6.45) is 5.02. The van der Waals surface area contributed by atoms with E-state index in [2.05, 4.69) is 59.2 Å². The molecule has 1 aromatic heterocycles. The fraction of sp³-hybridized carbons (Fsp3) is 0.488. The number of benzene rings is 2. The van der Waals surface area contributed by atoms with Crippen LogP contribution in [0.25, 0.3) is 0 Å². The van der Waals surface area contributed by atoms with Gasteiger partial charge in [-0.2, -0.15) is 5.26 Å². The number of rotatable bonds is 13. The van der Waals surface area contributed by atoms with Crippen LogP contribution >= 0.6 is 11.6 Å². The third-order valence-corrected chi connectivity index (χ3v) is 12.3. The number of unbranched alkanes of at least 4 members (excludes halogenated alkanes) is 2. The van der Waals surface area contributed by atoms with Crippen LogP contribution in [0.15, 0.2) is 54.7 Å². The number of imide groups is 1. The molecule has 3 fully saturated rings. The van der Waals surface area contributed by atoms with Gasteiger partial charge < -0.3 is 24.6 Å². The third kappa shape index (κ3) is 8.29. The number of carbonyl (C=O) groups excluding carboxylic acids is 4. The molecule has 14 heteroatoms. The van der Waals surface area contributed by atoms with Gasteiger partial charge in [-0.1, -0.05) is 45.4 Å². The Bertz CT molecular complexity index is 2060. The zero-order chi connectivity index (χ0) is 40.5. The number of nitrogens with one attached hydrogen (secondary N) is 2. The molecule has 4 amide bonds. The first kappa shape index (κ1) is 40.0. The Morgan fingerprint density at radius 2 is 1.74 bits per heavy atom. The van der Waals surface area contributed by atoms with E-state index < -0.39 is 11.9 Å². The highest BCUT2D eigenvalue weighted by Crippen LogP contribution is 2.55. The Labute approximate surface area is 338 Å². The number of hydrogen-bond donors (Lipinski definition) is 2. The van der Waals surface area contributed by atoms with Crippen LogP contribution < -0.4 is 25.0 Å². The summed E-state index contributed by atoms with van der Waals surface area (Å²) in [7, 11) is 0. The van der Waals surface area contributed by atoms with Crippen molar-refractivity contribution in [2.45, 2.75) is 84.5 Å². The molecular weight excluding hydrogens is 746 g/mol. The van der Waals surface area contributed by atoms with E-state index in [1.54, 1.807) is 35.4 Å². The van der Waals surface area contributed by atoms with E-state index in [4.69, 9.17) is 21.1 Å². The van der Waals surface area contributed by atoms with Crippen molar-refractivity contribution in [3.63, 3.8) is 0 Å². The molecule has 3 aliphatic heterocycles. The summed E-state index contributed by atoms with van der Waals surface area (Å²) in [6, 6.07) is 15.7. The molecule has 2 N–H and O–H groups in total. The maximum atomic E-state index is 13.4. The maximum absolute atomic E-state index is 13.4. The van der Waals surface area contributed by atoms with Gasteiger partial charge in [0, 0.05) is 73.8 Å². The summed E-state index contributed by atoms with van der Waals surface area (Å²) < 4.78 is 12.4. The average Bonchev–Trinajstić information content (AvgIpc) is 3.52. The van der Waals surface area contributed by atoms with E-state index >= 15 is 0 Å². The van der Waals surface area contributed by atoms with Gasteiger partial charge in [0.05, 0.1) is 22.8 Å². The number of halogens is 1. The highest BCUT2D eigenvalue weighted by molar-refractivity contribution is 6.31. The number of nitriles is 1. The number of hydrogen-bond acceptors (Lipinski definition) is 10. The number of piperazine rings is 1. The number of anilines is 1. The van der Waals surface area contributed by atoms with Gasteiger partial charge >= 0.3 is 0 Å². The summed E-state index contributed by atoms with van der Waals surface area (Å²) in [5.41, 5.74) is 1.60. The second-order valence-electron chi connectivity index (χ2n) is 16.7. The Balaban J connectivity index is 0.800. The molecule has 1 saturated carbocycles. The molecule has 4 aliphatic rings. The molecule has 1 unspecified atom stereocenters. The molecule has 2 saturated heterocycles. The predicted molar refractivity (Wildman–Crippen MR) is 214 cm³/mol. The van der Waals surface area contributed by atoms with Crippen LogP contribution in [-0.4, -0.2) is 95.9 Å². The fourth-order valence-corrected chi connectivity index (χ4v) is 9.36. The lowest BCUT2D eigenvalue weighted by Crippen LogP contribution is -2.74. The van der Waals surface area contributed by atoms with Crippen molar-refractivity contribution in [3.8, 4) is 17.6 Å². The minimum absolute atomic E-state index is 0.144. The van der Waals surface area contributed by atoms with Crippen LogP contribution in [0.1, 0.15) is 91.6 Å². The topological polar surface area (TPSA) is 157 Å². The second-order valence-corrected chi connectivity index (χ2v) is 17.1. The van der Waals surface area contributed by atoms with E-state index in [0.29, 0.717) is 52.8 Å².